The molecule has 30 heavy (non-hydrogen) atoms. The topological polar surface area (TPSA) is 47.4 Å². The van der Waals surface area contributed by atoms with E-state index in [1.807, 2.05) is 6.33 Å². The molecule has 1 amide bonds. The summed E-state index contributed by atoms with van der Waals surface area (Å²) in [5.74, 6) is 0.548. The standard InChI is InChI=1S/C25H35N3O2/c1-24(2)22-13-17-12-21-20(26-15-27(21)4)14-19(17)25(24,3)10-11-28(22)23(29)16-6-8-18(30-5)9-7-16/h12,14-16,18,22H,6-11,13H2,1-5H3/t16?,18?,22-,25-/m0/s1. The number of aryl methyl sites for hydroxylation is 1. The molecule has 3 aliphatic rings. The van der Waals surface area contributed by atoms with Crippen LogP contribution in [0.2, 0.25) is 0 Å². The lowest BCUT2D eigenvalue weighted by atomic mass is 9.51. The highest BCUT2D eigenvalue weighted by atomic mass is 16.5. The summed E-state index contributed by atoms with van der Waals surface area (Å²) in [7, 11) is 3.85. The van der Waals surface area contributed by atoms with Crippen molar-refractivity contribution in [2.75, 3.05) is 13.7 Å². The van der Waals surface area contributed by atoms with E-state index in [1.165, 1.54) is 16.6 Å². The van der Waals surface area contributed by atoms with Crippen LogP contribution in [0.3, 0.4) is 0 Å². The number of likely N-dealkylation sites (tertiary alicyclic amines) is 1. The molecular formula is C25H35N3O2. The molecule has 2 fully saturated rings. The molecule has 1 saturated heterocycles. The van der Waals surface area contributed by atoms with Crippen LogP contribution in [-0.4, -0.2) is 46.2 Å². The van der Waals surface area contributed by atoms with Gasteiger partial charge in [-0.3, -0.25) is 4.79 Å². The van der Waals surface area contributed by atoms with Gasteiger partial charge in [-0.25, -0.2) is 4.98 Å². The molecule has 5 heteroatoms. The number of piperidine rings is 1. The van der Waals surface area contributed by atoms with Crippen LogP contribution < -0.4 is 0 Å². The van der Waals surface area contributed by atoms with Gasteiger partial charge in [0.1, 0.15) is 0 Å². The quantitative estimate of drug-likeness (QED) is 0.746. The Kier molecular flexibility index (Phi) is 4.55. The third kappa shape index (κ3) is 2.70. The molecule has 5 nitrogen and oxygen atoms in total. The van der Waals surface area contributed by atoms with Crippen molar-refractivity contribution < 1.29 is 9.53 Å². The Bertz CT molecular complexity index is 986. The van der Waals surface area contributed by atoms with E-state index in [0.717, 1.165) is 50.6 Å². The van der Waals surface area contributed by atoms with Gasteiger partial charge in [0.2, 0.25) is 5.91 Å². The molecule has 5 rings (SSSR count). The number of methoxy groups -OCH3 is 1. The van der Waals surface area contributed by atoms with Crippen molar-refractivity contribution in [1.82, 2.24) is 14.5 Å². The predicted molar refractivity (Wildman–Crippen MR) is 118 cm³/mol. The number of rotatable bonds is 2. The first-order valence-electron chi connectivity index (χ1n) is 11.5. The number of aromatic nitrogens is 2. The highest BCUT2D eigenvalue weighted by Gasteiger charge is 2.57. The van der Waals surface area contributed by atoms with Crippen LogP contribution in [0.25, 0.3) is 11.0 Å². The number of benzene rings is 1. The zero-order valence-electron chi connectivity index (χ0n) is 19.1. The summed E-state index contributed by atoms with van der Waals surface area (Å²) >= 11 is 0. The third-order valence-corrected chi connectivity index (χ3v) is 9.08. The van der Waals surface area contributed by atoms with E-state index in [4.69, 9.17) is 4.74 Å². The minimum Gasteiger partial charge on any atom is -0.381 e. The van der Waals surface area contributed by atoms with E-state index >= 15 is 0 Å². The monoisotopic (exact) mass is 409 g/mol. The zero-order valence-corrected chi connectivity index (χ0v) is 19.1. The molecule has 0 unspecified atom stereocenters. The lowest BCUT2D eigenvalue weighted by molar-refractivity contribution is -0.150. The fourth-order valence-electron chi connectivity index (χ4n) is 6.58. The lowest BCUT2D eigenvalue weighted by Crippen LogP contribution is -2.65. The summed E-state index contributed by atoms with van der Waals surface area (Å²) in [6.45, 7) is 8.04. The van der Waals surface area contributed by atoms with Crippen LogP contribution in [0.15, 0.2) is 18.5 Å². The minimum atomic E-state index is 0.0279. The Morgan fingerprint density at radius 1 is 1.17 bits per heavy atom. The van der Waals surface area contributed by atoms with Gasteiger partial charge in [0.25, 0.3) is 0 Å². The number of hydrogen-bond donors (Lipinski definition) is 0. The van der Waals surface area contributed by atoms with Gasteiger partial charge in [-0.2, -0.15) is 0 Å². The Morgan fingerprint density at radius 3 is 2.60 bits per heavy atom. The first kappa shape index (κ1) is 20.0. The van der Waals surface area contributed by atoms with Crippen molar-refractivity contribution in [3.8, 4) is 0 Å². The van der Waals surface area contributed by atoms with Crippen LogP contribution >= 0.6 is 0 Å². The molecule has 2 atom stereocenters. The number of imidazole rings is 1. The summed E-state index contributed by atoms with van der Waals surface area (Å²) in [6, 6.07) is 4.91. The maximum atomic E-state index is 13.6. The molecule has 2 aliphatic carbocycles. The molecule has 1 aliphatic heterocycles. The van der Waals surface area contributed by atoms with Crippen molar-refractivity contribution in [2.45, 2.75) is 76.9 Å². The molecule has 1 aromatic carbocycles. The van der Waals surface area contributed by atoms with Gasteiger partial charge in [0.15, 0.2) is 0 Å². The zero-order chi connectivity index (χ0) is 21.3. The highest BCUT2D eigenvalue weighted by molar-refractivity contribution is 5.81. The predicted octanol–water partition coefficient (Wildman–Crippen LogP) is 4.22. The molecule has 2 heterocycles. The van der Waals surface area contributed by atoms with Gasteiger partial charge < -0.3 is 14.2 Å². The number of carbonyl (C=O) groups is 1. The number of fused-ring (bicyclic) bond motifs is 5. The normalized spacial score (nSPS) is 32.8. The van der Waals surface area contributed by atoms with Crippen molar-refractivity contribution in [2.24, 2.45) is 18.4 Å². The first-order chi connectivity index (χ1) is 14.3. The average molecular weight is 410 g/mol. The van der Waals surface area contributed by atoms with Gasteiger partial charge in [-0.15, -0.1) is 0 Å². The van der Waals surface area contributed by atoms with Crippen molar-refractivity contribution in [1.29, 1.82) is 0 Å². The van der Waals surface area contributed by atoms with Crippen LogP contribution in [0.1, 0.15) is 64.0 Å². The second-order valence-corrected chi connectivity index (χ2v) is 10.6. The van der Waals surface area contributed by atoms with E-state index in [1.54, 1.807) is 7.11 Å². The fraction of sp³-hybridized carbons (Fsp3) is 0.680. The van der Waals surface area contributed by atoms with Gasteiger partial charge in [-0.1, -0.05) is 20.8 Å². The third-order valence-electron chi connectivity index (χ3n) is 9.08. The number of nitrogens with zero attached hydrogens (tertiary/aromatic N) is 3. The number of ether oxygens (including phenoxy) is 1. The molecule has 0 radical (unpaired) electrons. The van der Waals surface area contributed by atoms with Crippen LogP contribution in [0.5, 0.6) is 0 Å². The van der Waals surface area contributed by atoms with E-state index < -0.39 is 0 Å². The lowest BCUT2D eigenvalue weighted by Gasteiger charge is -2.61. The maximum absolute atomic E-state index is 13.6. The van der Waals surface area contributed by atoms with Gasteiger partial charge in [0.05, 0.1) is 23.5 Å². The van der Waals surface area contributed by atoms with Crippen LogP contribution in [0.4, 0.5) is 0 Å². The van der Waals surface area contributed by atoms with Crippen LogP contribution in [0, 0.1) is 11.3 Å². The van der Waals surface area contributed by atoms with E-state index in [-0.39, 0.29) is 22.8 Å². The molecule has 2 aromatic rings. The first-order valence-corrected chi connectivity index (χ1v) is 11.5. The number of hydrogen-bond acceptors (Lipinski definition) is 3. The highest BCUT2D eigenvalue weighted by Crippen LogP contribution is 2.56. The van der Waals surface area contributed by atoms with Crippen molar-refractivity contribution in [3.05, 3.63) is 29.6 Å². The summed E-state index contributed by atoms with van der Waals surface area (Å²) in [5, 5.41) is 0. The van der Waals surface area contributed by atoms with E-state index in [2.05, 4.69) is 54.4 Å². The number of carbonyl (C=O) groups excluding carboxylic acids is 1. The van der Waals surface area contributed by atoms with E-state index in [0.29, 0.717) is 12.0 Å². The second kappa shape index (κ2) is 6.81. The Balaban J connectivity index is 1.50. The molecule has 0 N–H and O–H groups in total. The molecule has 162 valence electrons. The second-order valence-electron chi connectivity index (χ2n) is 10.6. The van der Waals surface area contributed by atoms with Gasteiger partial charge in [-0.05, 0) is 67.2 Å². The minimum absolute atomic E-state index is 0.0279. The average Bonchev–Trinajstić information content (AvgIpc) is 3.09. The van der Waals surface area contributed by atoms with Gasteiger partial charge >= 0.3 is 0 Å². The smallest absolute Gasteiger partial charge is 0.225 e. The molecule has 1 saturated carbocycles. The molecular weight excluding hydrogens is 374 g/mol. The molecule has 1 aromatic heterocycles. The largest absolute Gasteiger partial charge is 0.381 e. The molecule has 2 bridgehead atoms. The van der Waals surface area contributed by atoms with Crippen molar-refractivity contribution >= 4 is 16.9 Å². The van der Waals surface area contributed by atoms with Crippen molar-refractivity contribution in [3.63, 3.8) is 0 Å². The summed E-state index contributed by atoms with van der Waals surface area (Å²) in [6.07, 6.45) is 8.13. The summed E-state index contributed by atoms with van der Waals surface area (Å²) in [4.78, 5) is 20.5. The molecule has 0 spiro atoms. The van der Waals surface area contributed by atoms with Crippen LogP contribution in [-0.2, 0) is 28.4 Å². The Morgan fingerprint density at radius 2 is 1.90 bits per heavy atom. The number of amides is 1. The van der Waals surface area contributed by atoms with E-state index in [9.17, 15) is 4.79 Å². The summed E-state index contributed by atoms with van der Waals surface area (Å²) in [5.41, 5.74) is 5.20. The maximum Gasteiger partial charge on any atom is 0.225 e. The summed E-state index contributed by atoms with van der Waals surface area (Å²) < 4.78 is 7.62. The SMILES string of the molecule is COC1CCC(C(=O)N2CC[C@@]3(C)c4cc5ncn(C)c5cc4C[C@H]2C3(C)C)CC1. The van der Waals surface area contributed by atoms with Gasteiger partial charge in [0, 0.05) is 38.1 Å². The fourth-order valence-corrected chi connectivity index (χ4v) is 6.58. The Hall–Kier alpha value is -1.88. The Labute approximate surface area is 179 Å².